The fourth-order valence-corrected chi connectivity index (χ4v) is 3.90. The normalized spacial score (nSPS) is 34.9. The van der Waals surface area contributed by atoms with Crippen LogP contribution in [0.2, 0.25) is 0 Å². The van der Waals surface area contributed by atoms with Gasteiger partial charge in [0.2, 0.25) is 0 Å². The van der Waals surface area contributed by atoms with Crippen LogP contribution in [0.3, 0.4) is 0 Å². The third kappa shape index (κ3) is 2.10. The van der Waals surface area contributed by atoms with Crippen LogP contribution in [-0.2, 0) is 4.57 Å². The average molecular weight is 249 g/mol. The molecule has 6 nitrogen and oxygen atoms in total. The minimum Gasteiger partial charge on any atom is -0.465 e. The Hall–Kier alpha value is -0.580. The van der Waals surface area contributed by atoms with Crippen molar-refractivity contribution in [3.05, 3.63) is 0 Å². The molecule has 1 saturated carbocycles. The zero-order valence-corrected chi connectivity index (χ0v) is 9.71. The summed E-state index contributed by atoms with van der Waals surface area (Å²) in [5.74, 6) is 0.291. The van der Waals surface area contributed by atoms with Crippen molar-refractivity contribution in [2.75, 3.05) is 6.54 Å². The summed E-state index contributed by atoms with van der Waals surface area (Å²) in [5, 5.41) is 8.97. The minimum absolute atomic E-state index is 0.191. The highest BCUT2D eigenvalue weighted by molar-refractivity contribution is 7.52. The number of amides is 1. The lowest BCUT2D eigenvalue weighted by atomic mass is 9.85. The molecule has 3 N–H and O–H groups in total. The molecule has 92 valence electrons. The molecular weight excluding hydrogens is 233 g/mol. The minimum atomic E-state index is -4.07. The van der Waals surface area contributed by atoms with Crippen molar-refractivity contribution in [2.45, 2.75) is 37.4 Å². The standard InChI is InChI=1S/C9H16NO5P/c11-9(12)10-4-3-6-1-2-7(5-8(6)10)16(13,14)15/h6-8H,1-5H2,(H,11,12)(H2,13,14,15). The molecule has 0 aromatic carbocycles. The van der Waals surface area contributed by atoms with Crippen molar-refractivity contribution in [1.29, 1.82) is 0 Å². The highest BCUT2D eigenvalue weighted by atomic mass is 31.2. The molecule has 16 heavy (non-hydrogen) atoms. The molecule has 2 rings (SSSR count). The SMILES string of the molecule is O=C(O)N1CCC2CCC(P(=O)(O)O)CC21. The van der Waals surface area contributed by atoms with Crippen LogP contribution in [0.15, 0.2) is 0 Å². The molecule has 1 aliphatic heterocycles. The highest BCUT2D eigenvalue weighted by Gasteiger charge is 2.45. The smallest absolute Gasteiger partial charge is 0.407 e. The number of rotatable bonds is 1. The van der Waals surface area contributed by atoms with Crippen molar-refractivity contribution in [3.8, 4) is 0 Å². The lowest BCUT2D eigenvalue weighted by Gasteiger charge is -2.34. The maximum atomic E-state index is 11.2. The fraction of sp³-hybridized carbons (Fsp3) is 0.889. The van der Waals surface area contributed by atoms with E-state index in [-0.39, 0.29) is 6.04 Å². The molecular formula is C9H16NO5P. The predicted octanol–water partition coefficient (Wildman–Crippen LogP) is 1.09. The number of carboxylic acid groups (broad SMARTS) is 1. The molecule has 1 amide bonds. The summed E-state index contributed by atoms with van der Waals surface area (Å²) in [5.41, 5.74) is -0.659. The first kappa shape index (κ1) is 11.9. The molecule has 0 aromatic rings. The van der Waals surface area contributed by atoms with Crippen LogP contribution < -0.4 is 0 Å². The van der Waals surface area contributed by atoms with Gasteiger partial charge in [0.05, 0.1) is 5.66 Å². The van der Waals surface area contributed by atoms with Crippen molar-refractivity contribution < 1.29 is 24.3 Å². The van der Waals surface area contributed by atoms with Gasteiger partial charge in [-0.1, -0.05) is 0 Å². The Kier molecular flexibility index (Phi) is 2.99. The van der Waals surface area contributed by atoms with Crippen LogP contribution in [0.25, 0.3) is 0 Å². The van der Waals surface area contributed by atoms with E-state index in [1.807, 2.05) is 0 Å². The first-order chi connectivity index (χ1) is 7.39. The van der Waals surface area contributed by atoms with E-state index in [1.54, 1.807) is 0 Å². The molecule has 0 spiro atoms. The second-order valence-electron chi connectivity index (χ2n) is 4.65. The Labute approximate surface area is 93.4 Å². The van der Waals surface area contributed by atoms with E-state index in [2.05, 4.69) is 0 Å². The van der Waals surface area contributed by atoms with Gasteiger partial charge in [-0.25, -0.2) is 4.79 Å². The van der Waals surface area contributed by atoms with Gasteiger partial charge in [0, 0.05) is 12.6 Å². The zero-order valence-electron chi connectivity index (χ0n) is 8.82. The molecule has 3 atom stereocenters. The first-order valence-electron chi connectivity index (χ1n) is 5.44. The van der Waals surface area contributed by atoms with Crippen molar-refractivity contribution >= 4 is 13.7 Å². The third-order valence-corrected chi connectivity index (χ3v) is 5.21. The Bertz CT molecular complexity index is 341. The highest BCUT2D eigenvalue weighted by Crippen LogP contribution is 2.51. The molecule has 3 unspecified atom stereocenters. The summed E-state index contributed by atoms with van der Waals surface area (Å²) in [6.07, 6.45) is 1.40. The Balaban J connectivity index is 2.11. The quantitative estimate of drug-likeness (QED) is 0.604. The maximum absolute atomic E-state index is 11.2. The topological polar surface area (TPSA) is 98.1 Å². The van der Waals surface area contributed by atoms with Gasteiger partial charge in [-0.2, -0.15) is 0 Å². The van der Waals surface area contributed by atoms with Crippen LogP contribution in [0.4, 0.5) is 4.79 Å². The fourth-order valence-electron chi connectivity index (χ4n) is 2.92. The zero-order chi connectivity index (χ0) is 11.9. The molecule has 0 bridgehead atoms. The molecule has 0 radical (unpaired) electrons. The average Bonchev–Trinajstić information content (AvgIpc) is 2.58. The van der Waals surface area contributed by atoms with Gasteiger partial charge in [-0.3, -0.25) is 4.57 Å². The van der Waals surface area contributed by atoms with Crippen molar-refractivity contribution in [2.24, 2.45) is 5.92 Å². The van der Waals surface area contributed by atoms with Crippen LogP contribution in [0, 0.1) is 5.92 Å². The van der Waals surface area contributed by atoms with E-state index < -0.39 is 19.3 Å². The van der Waals surface area contributed by atoms with Gasteiger partial charge >= 0.3 is 13.7 Å². The second kappa shape index (κ2) is 4.02. The Morgan fingerprint density at radius 2 is 1.94 bits per heavy atom. The summed E-state index contributed by atoms with van der Waals surface area (Å²) in [6, 6.07) is -0.191. The van der Waals surface area contributed by atoms with Crippen molar-refractivity contribution in [1.82, 2.24) is 4.90 Å². The molecule has 7 heteroatoms. The maximum Gasteiger partial charge on any atom is 0.407 e. The summed E-state index contributed by atoms with van der Waals surface area (Å²) in [6.45, 7) is 0.499. The molecule has 1 aliphatic carbocycles. The number of hydrogen-bond donors (Lipinski definition) is 3. The molecule has 1 saturated heterocycles. The van der Waals surface area contributed by atoms with Gasteiger partial charge < -0.3 is 19.8 Å². The number of fused-ring (bicyclic) bond motifs is 1. The van der Waals surface area contributed by atoms with Crippen LogP contribution in [-0.4, -0.2) is 44.1 Å². The lowest BCUT2D eigenvalue weighted by molar-refractivity contribution is 0.123. The second-order valence-corrected chi connectivity index (χ2v) is 6.56. The summed E-state index contributed by atoms with van der Waals surface area (Å²) in [7, 11) is -4.07. The Morgan fingerprint density at radius 1 is 1.25 bits per heavy atom. The number of carbonyl (C=O) groups is 1. The van der Waals surface area contributed by atoms with E-state index in [1.165, 1.54) is 4.90 Å². The van der Waals surface area contributed by atoms with E-state index in [4.69, 9.17) is 14.9 Å². The molecule has 1 heterocycles. The van der Waals surface area contributed by atoms with Crippen molar-refractivity contribution in [3.63, 3.8) is 0 Å². The van der Waals surface area contributed by atoms with Gasteiger partial charge in [0.1, 0.15) is 0 Å². The van der Waals surface area contributed by atoms with Gasteiger partial charge in [-0.05, 0) is 31.6 Å². The van der Waals surface area contributed by atoms with Gasteiger partial charge in [0.25, 0.3) is 0 Å². The predicted molar refractivity (Wildman–Crippen MR) is 56.3 cm³/mol. The van der Waals surface area contributed by atoms with E-state index >= 15 is 0 Å². The van der Waals surface area contributed by atoms with E-state index in [0.717, 1.165) is 12.8 Å². The van der Waals surface area contributed by atoms with E-state index in [9.17, 15) is 9.36 Å². The van der Waals surface area contributed by atoms with E-state index in [0.29, 0.717) is 25.3 Å². The Morgan fingerprint density at radius 3 is 2.50 bits per heavy atom. The lowest BCUT2D eigenvalue weighted by Crippen LogP contribution is -2.41. The van der Waals surface area contributed by atoms with Crippen LogP contribution >= 0.6 is 7.60 Å². The number of nitrogens with zero attached hydrogens (tertiary/aromatic N) is 1. The largest absolute Gasteiger partial charge is 0.465 e. The number of hydrogen-bond acceptors (Lipinski definition) is 2. The molecule has 2 aliphatic rings. The summed E-state index contributed by atoms with van der Waals surface area (Å²) >= 11 is 0. The third-order valence-electron chi connectivity index (χ3n) is 3.79. The molecule has 0 aromatic heterocycles. The monoisotopic (exact) mass is 249 g/mol. The summed E-state index contributed by atoms with van der Waals surface area (Å²) < 4.78 is 11.2. The number of likely N-dealkylation sites (tertiary alicyclic amines) is 1. The molecule has 2 fully saturated rings. The first-order valence-corrected chi connectivity index (χ1v) is 7.12. The van der Waals surface area contributed by atoms with Crippen LogP contribution in [0.5, 0.6) is 0 Å². The van der Waals surface area contributed by atoms with Gasteiger partial charge in [-0.15, -0.1) is 0 Å². The summed E-state index contributed by atoms with van der Waals surface area (Å²) in [4.78, 5) is 30.5. The van der Waals surface area contributed by atoms with Crippen LogP contribution in [0.1, 0.15) is 25.7 Å². The van der Waals surface area contributed by atoms with Gasteiger partial charge in [0.15, 0.2) is 0 Å².